The zero-order valence-electron chi connectivity index (χ0n) is 11.2. The third kappa shape index (κ3) is 2.37. The first-order chi connectivity index (χ1) is 9.75. The molecule has 0 saturated carbocycles. The number of fused-ring (bicyclic) bond motifs is 1. The number of pyridine rings is 1. The molecule has 1 N–H and O–H groups in total. The number of hydrogen-bond acceptors (Lipinski definition) is 6. The molecule has 0 radical (unpaired) electrons. The van der Waals surface area contributed by atoms with E-state index in [2.05, 4.69) is 39.3 Å². The van der Waals surface area contributed by atoms with Crippen LogP contribution in [0.25, 0.3) is 10.2 Å². The molecule has 0 aliphatic carbocycles. The highest BCUT2D eigenvalue weighted by molar-refractivity contribution is 7.18. The van der Waals surface area contributed by atoms with E-state index in [1.54, 1.807) is 36.3 Å². The molecule has 0 aliphatic rings. The summed E-state index contributed by atoms with van der Waals surface area (Å²) in [4.78, 5) is 14.8. The lowest BCUT2D eigenvalue weighted by molar-refractivity contribution is 1.19. The quantitative estimate of drug-likeness (QED) is 0.592. The molecule has 0 atom stereocenters. The summed E-state index contributed by atoms with van der Waals surface area (Å²) < 4.78 is 0. The Hall–Kier alpha value is -2.34. The first-order valence-electron chi connectivity index (χ1n) is 6.15. The minimum absolute atomic E-state index is 0.738. The molecule has 20 heavy (non-hydrogen) atoms. The number of anilines is 1. The summed E-state index contributed by atoms with van der Waals surface area (Å²) in [7, 11) is 0. The molecule has 3 aromatic rings. The van der Waals surface area contributed by atoms with E-state index in [9.17, 15) is 0 Å². The molecule has 3 aromatic heterocycles. The van der Waals surface area contributed by atoms with Gasteiger partial charge in [0.05, 0.1) is 11.6 Å². The average molecular weight is 283 g/mol. The van der Waals surface area contributed by atoms with Gasteiger partial charge in [-0.25, -0.2) is 9.97 Å². The van der Waals surface area contributed by atoms with Crippen LogP contribution in [-0.2, 0) is 0 Å². The van der Waals surface area contributed by atoms with Crippen LogP contribution in [0.5, 0.6) is 0 Å². The molecule has 0 aliphatic heterocycles. The van der Waals surface area contributed by atoms with E-state index in [1.807, 2.05) is 12.1 Å². The summed E-state index contributed by atoms with van der Waals surface area (Å²) in [6.07, 6.45) is 6.76. The number of hydrogen-bond donors (Lipinski definition) is 1. The Morgan fingerprint density at radius 1 is 1.20 bits per heavy atom. The van der Waals surface area contributed by atoms with E-state index in [0.29, 0.717) is 0 Å². The molecule has 3 heterocycles. The van der Waals surface area contributed by atoms with Crippen LogP contribution in [0.1, 0.15) is 16.0 Å². The predicted molar refractivity (Wildman–Crippen MR) is 82.3 cm³/mol. The van der Waals surface area contributed by atoms with Crippen LogP contribution in [0.3, 0.4) is 0 Å². The Morgan fingerprint density at radius 2 is 2.00 bits per heavy atom. The van der Waals surface area contributed by atoms with Crippen LogP contribution < -0.4 is 5.43 Å². The van der Waals surface area contributed by atoms with Gasteiger partial charge in [-0.05, 0) is 37.1 Å². The Bertz CT molecular complexity index is 764. The van der Waals surface area contributed by atoms with Crippen LogP contribution in [0, 0.1) is 13.8 Å². The van der Waals surface area contributed by atoms with Crippen molar-refractivity contribution in [3.05, 3.63) is 46.9 Å². The molecular weight excluding hydrogens is 270 g/mol. The molecule has 0 spiro atoms. The summed E-state index contributed by atoms with van der Waals surface area (Å²) in [5, 5.41) is 5.27. The second kappa shape index (κ2) is 5.34. The van der Waals surface area contributed by atoms with Gasteiger partial charge >= 0.3 is 0 Å². The predicted octanol–water partition coefficient (Wildman–Crippen LogP) is 3.15. The van der Waals surface area contributed by atoms with E-state index in [-0.39, 0.29) is 0 Å². The SMILES string of the molecule is Cc1sc2ncnc(N/N=C\c3ccncc3)c2c1C. The Balaban J connectivity index is 1.90. The Labute approximate surface area is 120 Å². The number of nitrogens with one attached hydrogen (secondary N) is 1. The normalized spacial score (nSPS) is 11.3. The van der Waals surface area contributed by atoms with E-state index >= 15 is 0 Å². The van der Waals surface area contributed by atoms with Gasteiger partial charge in [-0.3, -0.25) is 10.4 Å². The maximum absolute atomic E-state index is 4.30. The smallest absolute Gasteiger partial charge is 0.158 e. The maximum atomic E-state index is 4.30. The number of thiophene rings is 1. The molecule has 100 valence electrons. The van der Waals surface area contributed by atoms with E-state index in [0.717, 1.165) is 21.6 Å². The highest BCUT2D eigenvalue weighted by atomic mass is 32.1. The summed E-state index contributed by atoms with van der Waals surface area (Å²) >= 11 is 1.67. The van der Waals surface area contributed by atoms with Crippen molar-refractivity contribution in [2.45, 2.75) is 13.8 Å². The van der Waals surface area contributed by atoms with Crippen molar-refractivity contribution >= 4 is 33.6 Å². The van der Waals surface area contributed by atoms with Crippen molar-refractivity contribution in [2.24, 2.45) is 5.10 Å². The van der Waals surface area contributed by atoms with E-state index < -0.39 is 0 Å². The van der Waals surface area contributed by atoms with Gasteiger partial charge in [0, 0.05) is 17.3 Å². The van der Waals surface area contributed by atoms with E-state index in [1.165, 1.54) is 10.4 Å². The number of aryl methyl sites for hydroxylation is 2. The van der Waals surface area contributed by atoms with Gasteiger partial charge in [0.25, 0.3) is 0 Å². The minimum atomic E-state index is 0.738. The van der Waals surface area contributed by atoms with Crippen molar-refractivity contribution in [1.82, 2.24) is 15.0 Å². The topological polar surface area (TPSA) is 63.1 Å². The average Bonchev–Trinajstić information content (AvgIpc) is 2.76. The van der Waals surface area contributed by atoms with E-state index in [4.69, 9.17) is 0 Å². The summed E-state index contributed by atoms with van der Waals surface area (Å²) in [6, 6.07) is 3.78. The van der Waals surface area contributed by atoms with Crippen LogP contribution >= 0.6 is 11.3 Å². The number of aromatic nitrogens is 3. The largest absolute Gasteiger partial charge is 0.265 e. The van der Waals surface area contributed by atoms with Crippen LogP contribution in [0.4, 0.5) is 5.82 Å². The van der Waals surface area contributed by atoms with Gasteiger partial charge in [-0.15, -0.1) is 11.3 Å². The first kappa shape index (κ1) is 12.7. The maximum Gasteiger partial charge on any atom is 0.158 e. The van der Waals surface area contributed by atoms with Crippen molar-refractivity contribution in [2.75, 3.05) is 5.43 Å². The summed E-state index contributed by atoms with van der Waals surface area (Å²) in [5.74, 6) is 0.738. The second-order valence-corrected chi connectivity index (χ2v) is 5.54. The Morgan fingerprint density at radius 3 is 2.80 bits per heavy atom. The van der Waals surface area contributed by atoms with Crippen LogP contribution in [0.2, 0.25) is 0 Å². The monoisotopic (exact) mass is 283 g/mol. The lowest BCUT2D eigenvalue weighted by Gasteiger charge is -2.01. The standard InChI is InChI=1S/C14H13N5S/c1-9-10(2)20-14-12(9)13(16-8-17-14)19-18-7-11-3-5-15-6-4-11/h3-8H,1-2H3,(H,16,17,19)/b18-7-. The van der Waals surface area contributed by atoms with Gasteiger partial charge in [0.2, 0.25) is 0 Å². The molecule has 0 unspecified atom stereocenters. The van der Waals surface area contributed by atoms with Crippen LogP contribution in [0.15, 0.2) is 36.0 Å². The molecule has 3 rings (SSSR count). The second-order valence-electron chi connectivity index (χ2n) is 4.34. The third-order valence-electron chi connectivity index (χ3n) is 3.06. The zero-order chi connectivity index (χ0) is 13.9. The highest BCUT2D eigenvalue weighted by Gasteiger charge is 2.10. The van der Waals surface area contributed by atoms with Crippen molar-refractivity contribution in [3.8, 4) is 0 Å². The lowest BCUT2D eigenvalue weighted by Crippen LogP contribution is -1.95. The van der Waals surface area contributed by atoms with Gasteiger partial charge < -0.3 is 0 Å². The molecule has 0 amide bonds. The lowest BCUT2D eigenvalue weighted by atomic mass is 10.2. The van der Waals surface area contributed by atoms with Crippen molar-refractivity contribution < 1.29 is 0 Å². The van der Waals surface area contributed by atoms with Gasteiger partial charge in [0.15, 0.2) is 5.82 Å². The molecule has 6 heteroatoms. The number of nitrogens with zero attached hydrogens (tertiary/aromatic N) is 4. The summed E-state index contributed by atoms with van der Waals surface area (Å²) in [5.41, 5.74) is 5.18. The van der Waals surface area contributed by atoms with Gasteiger partial charge in [-0.2, -0.15) is 5.10 Å². The molecule has 0 fully saturated rings. The van der Waals surface area contributed by atoms with Gasteiger partial charge in [0.1, 0.15) is 11.2 Å². The molecule has 0 saturated heterocycles. The molecule has 0 aromatic carbocycles. The Kier molecular flexibility index (Phi) is 3.39. The fourth-order valence-corrected chi connectivity index (χ4v) is 2.88. The number of rotatable bonds is 3. The molecule has 5 nitrogen and oxygen atoms in total. The fraction of sp³-hybridized carbons (Fsp3) is 0.143. The molecule has 0 bridgehead atoms. The first-order valence-corrected chi connectivity index (χ1v) is 6.97. The third-order valence-corrected chi connectivity index (χ3v) is 4.17. The fourth-order valence-electron chi connectivity index (χ4n) is 1.88. The van der Waals surface area contributed by atoms with Gasteiger partial charge in [-0.1, -0.05) is 0 Å². The van der Waals surface area contributed by atoms with Crippen molar-refractivity contribution in [1.29, 1.82) is 0 Å². The minimum Gasteiger partial charge on any atom is -0.265 e. The zero-order valence-corrected chi connectivity index (χ0v) is 12.0. The summed E-state index contributed by atoms with van der Waals surface area (Å²) in [6.45, 7) is 4.17. The molecular formula is C14H13N5S. The number of hydrazone groups is 1. The highest BCUT2D eigenvalue weighted by Crippen LogP contribution is 2.32. The van der Waals surface area contributed by atoms with Crippen LogP contribution in [-0.4, -0.2) is 21.2 Å². The van der Waals surface area contributed by atoms with Crippen molar-refractivity contribution in [3.63, 3.8) is 0 Å².